The summed E-state index contributed by atoms with van der Waals surface area (Å²) in [4.78, 5) is 18.1. The molecule has 3 heterocycles. The zero-order chi connectivity index (χ0) is 21.9. The molecule has 0 spiro atoms. The Balaban J connectivity index is 1.35. The van der Waals surface area contributed by atoms with E-state index in [2.05, 4.69) is 45.6 Å². The Kier molecular flexibility index (Phi) is 5.30. The Morgan fingerprint density at radius 3 is 2.19 bits per heavy atom. The number of rotatable bonds is 5. The number of benzene rings is 2. The lowest BCUT2D eigenvalue weighted by Gasteiger charge is -2.11. The van der Waals surface area contributed by atoms with Gasteiger partial charge in [0.05, 0.1) is 23.1 Å². The zero-order valence-corrected chi connectivity index (χ0v) is 18.1. The molecule has 0 aliphatic heterocycles. The number of anilines is 1. The molecule has 1 N–H and O–H groups in total. The lowest BCUT2D eigenvalue weighted by atomic mass is 10.0. The van der Waals surface area contributed by atoms with Crippen molar-refractivity contribution in [3.63, 3.8) is 0 Å². The number of nitrogens with zero attached hydrogens (tertiary/aromatic N) is 4. The van der Waals surface area contributed by atoms with Gasteiger partial charge in [-0.2, -0.15) is 0 Å². The van der Waals surface area contributed by atoms with Crippen LogP contribution < -0.4 is 5.32 Å². The minimum absolute atomic E-state index is 0.710. The highest BCUT2D eigenvalue weighted by Gasteiger charge is 2.07. The third-order valence-electron chi connectivity index (χ3n) is 5.43. The van der Waals surface area contributed by atoms with Gasteiger partial charge >= 0.3 is 0 Å². The topological polar surface area (TPSA) is 63.6 Å². The molecule has 0 aliphatic carbocycles. The van der Waals surface area contributed by atoms with Gasteiger partial charge in [0.25, 0.3) is 0 Å². The van der Waals surface area contributed by atoms with Crippen molar-refractivity contribution in [3.05, 3.63) is 102 Å². The SMILES string of the molecule is Cc1cc(-c2ccc(CNc3cccc4nc(-c5ccnc(C)c5)cnc34)cc2)ccn1. The van der Waals surface area contributed by atoms with Crippen molar-refractivity contribution in [1.29, 1.82) is 0 Å². The smallest absolute Gasteiger partial charge is 0.112 e. The van der Waals surface area contributed by atoms with Gasteiger partial charge in [0.15, 0.2) is 0 Å². The second kappa shape index (κ2) is 8.55. The second-order valence-electron chi connectivity index (χ2n) is 7.85. The molecule has 0 radical (unpaired) electrons. The summed E-state index contributed by atoms with van der Waals surface area (Å²) < 4.78 is 0. The fourth-order valence-electron chi connectivity index (χ4n) is 3.77. The quantitative estimate of drug-likeness (QED) is 0.381. The van der Waals surface area contributed by atoms with E-state index in [0.717, 1.165) is 39.4 Å². The molecule has 2 aromatic carbocycles. The Hall–Kier alpha value is -4.12. The fraction of sp³-hybridized carbons (Fsp3) is 0.111. The molecule has 156 valence electrons. The van der Waals surface area contributed by atoms with E-state index in [1.165, 1.54) is 16.7 Å². The summed E-state index contributed by atoms with van der Waals surface area (Å²) in [5.74, 6) is 0. The number of fused-ring (bicyclic) bond motifs is 1. The number of nitrogens with one attached hydrogen (secondary N) is 1. The monoisotopic (exact) mass is 417 g/mol. The normalized spacial score (nSPS) is 10.9. The van der Waals surface area contributed by atoms with E-state index < -0.39 is 0 Å². The Labute approximate surface area is 187 Å². The number of pyridine rings is 2. The lowest BCUT2D eigenvalue weighted by Crippen LogP contribution is -2.01. The van der Waals surface area contributed by atoms with Crippen molar-refractivity contribution < 1.29 is 0 Å². The first-order valence-electron chi connectivity index (χ1n) is 10.6. The standard InChI is InChI=1S/C27H23N5/c1-18-14-22(10-12-28-18)21-8-6-20(7-9-21)16-30-24-4-3-5-25-27(24)31-17-26(32-25)23-11-13-29-19(2)15-23/h3-15,17,30H,16H2,1-2H3. The maximum atomic E-state index is 4.82. The number of hydrogen-bond donors (Lipinski definition) is 1. The van der Waals surface area contributed by atoms with Crippen LogP contribution in [-0.4, -0.2) is 19.9 Å². The summed E-state index contributed by atoms with van der Waals surface area (Å²) in [5, 5.41) is 3.52. The molecule has 0 saturated heterocycles. The van der Waals surface area contributed by atoms with E-state index in [9.17, 15) is 0 Å². The fourth-order valence-corrected chi connectivity index (χ4v) is 3.77. The van der Waals surface area contributed by atoms with Gasteiger partial charge in [0, 0.05) is 35.9 Å². The van der Waals surface area contributed by atoms with Crippen LogP contribution in [0.3, 0.4) is 0 Å². The van der Waals surface area contributed by atoms with Gasteiger partial charge in [-0.25, -0.2) is 4.98 Å². The van der Waals surface area contributed by atoms with Crippen molar-refractivity contribution >= 4 is 16.7 Å². The predicted octanol–water partition coefficient (Wildman–Crippen LogP) is 5.98. The van der Waals surface area contributed by atoms with Crippen LogP contribution in [0.2, 0.25) is 0 Å². The van der Waals surface area contributed by atoms with Crippen LogP contribution in [0.1, 0.15) is 17.0 Å². The van der Waals surface area contributed by atoms with Gasteiger partial charge in [-0.15, -0.1) is 0 Å². The van der Waals surface area contributed by atoms with Gasteiger partial charge in [0.2, 0.25) is 0 Å². The van der Waals surface area contributed by atoms with Crippen LogP contribution in [0, 0.1) is 13.8 Å². The molecular weight excluding hydrogens is 394 g/mol. The van der Waals surface area contributed by atoms with Crippen molar-refractivity contribution in [3.8, 4) is 22.4 Å². The molecule has 0 saturated carbocycles. The molecule has 0 fully saturated rings. The molecule has 5 rings (SSSR count). The van der Waals surface area contributed by atoms with E-state index in [1.807, 2.05) is 62.6 Å². The van der Waals surface area contributed by atoms with Crippen LogP contribution in [-0.2, 0) is 6.54 Å². The molecule has 3 aromatic heterocycles. The lowest BCUT2D eigenvalue weighted by molar-refractivity contribution is 1.15. The summed E-state index contributed by atoms with van der Waals surface area (Å²) >= 11 is 0. The van der Waals surface area contributed by atoms with Crippen LogP contribution >= 0.6 is 0 Å². The van der Waals surface area contributed by atoms with Gasteiger partial charge in [-0.3, -0.25) is 15.0 Å². The second-order valence-corrected chi connectivity index (χ2v) is 7.85. The van der Waals surface area contributed by atoms with Crippen molar-refractivity contribution in [2.24, 2.45) is 0 Å². The third kappa shape index (κ3) is 4.18. The number of aromatic nitrogens is 4. The first-order chi connectivity index (χ1) is 15.7. The van der Waals surface area contributed by atoms with E-state index in [4.69, 9.17) is 9.97 Å². The summed E-state index contributed by atoms with van der Waals surface area (Å²) in [6.45, 7) is 4.70. The molecule has 0 bridgehead atoms. The maximum Gasteiger partial charge on any atom is 0.112 e. The largest absolute Gasteiger partial charge is 0.379 e. The van der Waals surface area contributed by atoms with Crippen molar-refractivity contribution in [1.82, 2.24) is 19.9 Å². The zero-order valence-electron chi connectivity index (χ0n) is 18.1. The third-order valence-corrected chi connectivity index (χ3v) is 5.43. The Morgan fingerprint density at radius 2 is 1.44 bits per heavy atom. The molecule has 0 amide bonds. The first-order valence-corrected chi connectivity index (χ1v) is 10.6. The minimum atomic E-state index is 0.710. The Morgan fingerprint density at radius 1 is 0.719 bits per heavy atom. The summed E-state index contributed by atoms with van der Waals surface area (Å²) in [5.41, 5.74) is 10.1. The van der Waals surface area contributed by atoms with Crippen molar-refractivity contribution in [2.75, 3.05) is 5.32 Å². The summed E-state index contributed by atoms with van der Waals surface area (Å²) in [6, 6.07) is 22.8. The number of para-hydroxylation sites is 1. The van der Waals surface area contributed by atoms with E-state index in [1.54, 1.807) is 6.20 Å². The first kappa shape index (κ1) is 19.8. The highest BCUT2D eigenvalue weighted by atomic mass is 14.9. The Bertz CT molecular complexity index is 1390. The molecule has 5 aromatic rings. The van der Waals surface area contributed by atoms with Crippen LogP contribution in [0.15, 0.2) is 85.3 Å². The average Bonchev–Trinajstić information content (AvgIpc) is 2.82. The number of hydrogen-bond acceptors (Lipinski definition) is 5. The van der Waals surface area contributed by atoms with Gasteiger partial charge in [0.1, 0.15) is 5.52 Å². The maximum absolute atomic E-state index is 4.82. The molecule has 0 unspecified atom stereocenters. The van der Waals surface area contributed by atoms with E-state index in [-0.39, 0.29) is 0 Å². The van der Waals surface area contributed by atoms with Crippen LogP contribution in [0.5, 0.6) is 0 Å². The highest BCUT2D eigenvalue weighted by molar-refractivity contribution is 5.88. The van der Waals surface area contributed by atoms with E-state index in [0.29, 0.717) is 6.54 Å². The molecule has 0 aliphatic rings. The molecule has 5 heteroatoms. The molecular formula is C27H23N5. The van der Waals surface area contributed by atoms with Gasteiger partial charge in [-0.05, 0) is 66.9 Å². The van der Waals surface area contributed by atoms with Crippen molar-refractivity contribution in [2.45, 2.75) is 20.4 Å². The highest BCUT2D eigenvalue weighted by Crippen LogP contribution is 2.25. The number of aryl methyl sites for hydroxylation is 2. The van der Waals surface area contributed by atoms with Gasteiger partial charge < -0.3 is 5.32 Å². The summed E-state index contributed by atoms with van der Waals surface area (Å²) in [6.07, 6.45) is 5.48. The summed E-state index contributed by atoms with van der Waals surface area (Å²) in [7, 11) is 0. The van der Waals surface area contributed by atoms with Crippen LogP contribution in [0.4, 0.5) is 5.69 Å². The predicted molar refractivity (Wildman–Crippen MR) is 129 cm³/mol. The van der Waals surface area contributed by atoms with Gasteiger partial charge in [-0.1, -0.05) is 30.3 Å². The average molecular weight is 418 g/mol. The molecule has 32 heavy (non-hydrogen) atoms. The minimum Gasteiger partial charge on any atom is -0.379 e. The van der Waals surface area contributed by atoms with E-state index >= 15 is 0 Å². The van der Waals surface area contributed by atoms with Crippen LogP contribution in [0.25, 0.3) is 33.4 Å². The molecule has 5 nitrogen and oxygen atoms in total. The molecule has 0 atom stereocenters.